The first-order chi connectivity index (χ1) is 19.7. The number of hydrogen-bond acceptors (Lipinski definition) is 4. The molecule has 1 aliphatic heterocycles. The van der Waals surface area contributed by atoms with E-state index in [2.05, 4.69) is 20.3 Å². The second-order valence-electron chi connectivity index (χ2n) is 11.2. The summed E-state index contributed by atoms with van der Waals surface area (Å²) in [4.78, 5) is 20.3. The predicted molar refractivity (Wildman–Crippen MR) is 139 cm³/mol. The molecule has 42 heavy (non-hydrogen) atoms. The number of hydrogen-bond donors (Lipinski definition) is 1. The number of nitrogens with zero attached hydrogens (tertiary/aromatic N) is 4. The topological polar surface area (TPSA) is 63.1 Å². The summed E-state index contributed by atoms with van der Waals surface area (Å²) < 4.78 is 94.8. The van der Waals surface area contributed by atoms with E-state index in [1.165, 1.54) is 23.1 Å². The van der Waals surface area contributed by atoms with E-state index < -0.39 is 41.3 Å². The lowest BCUT2D eigenvalue weighted by Gasteiger charge is -2.37. The van der Waals surface area contributed by atoms with E-state index in [0.29, 0.717) is 37.3 Å². The molecular weight excluding hydrogens is 567 g/mol. The molecule has 0 bridgehead atoms. The van der Waals surface area contributed by atoms with Crippen LogP contribution in [0.4, 0.5) is 30.7 Å². The zero-order chi connectivity index (χ0) is 30.3. The van der Waals surface area contributed by atoms with Gasteiger partial charge >= 0.3 is 12.4 Å². The van der Waals surface area contributed by atoms with Crippen LogP contribution in [0.5, 0.6) is 0 Å². The number of alkyl halides is 6. The quantitative estimate of drug-likeness (QED) is 0.356. The highest BCUT2D eigenvalue weighted by Crippen LogP contribution is 2.44. The van der Waals surface area contributed by atoms with E-state index in [-0.39, 0.29) is 29.3 Å². The number of carbonyl (C=O) groups excluding carboxylic acids is 1. The summed E-state index contributed by atoms with van der Waals surface area (Å²) in [6.07, 6.45) is -5.41. The highest BCUT2D eigenvalue weighted by Gasteiger charge is 2.51. The number of aryl methyl sites for hydroxylation is 1. The summed E-state index contributed by atoms with van der Waals surface area (Å²) in [6.45, 7) is 1.02. The highest BCUT2D eigenvalue weighted by molar-refractivity contribution is 5.87. The van der Waals surface area contributed by atoms with Crippen LogP contribution in [0.15, 0.2) is 48.8 Å². The molecule has 2 unspecified atom stereocenters. The molecular formula is C29H30F7N5O. The van der Waals surface area contributed by atoms with Gasteiger partial charge in [0.05, 0.1) is 11.1 Å². The molecule has 2 aliphatic rings. The van der Waals surface area contributed by atoms with E-state index in [9.17, 15) is 35.5 Å². The maximum Gasteiger partial charge on any atom is 0.416 e. The van der Waals surface area contributed by atoms with Crippen LogP contribution in [0.25, 0.3) is 0 Å². The number of nitrogens with one attached hydrogen (secondary N) is 1. The molecule has 1 N–H and O–H groups in total. The molecule has 2 atom stereocenters. The number of carbonyl (C=O) groups is 1. The van der Waals surface area contributed by atoms with Crippen LogP contribution in [0.3, 0.4) is 0 Å². The van der Waals surface area contributed by atoms with Crippen molar-refractivity contribution in [2.24, 2.45) is 7.05 Å². The third-order valence-corrected chi connectivity index (χ3v) is 8.44. The van der Waals surface area contributed by atoms with Gasteiger partial charge in [-0.3, -0.25) is 9.48 Å². The summed E-state index contributed by atoms with van der Waals surface area (Å²) in [7, 11) is 1.65. The molecule has 6 nitrogen and oxygen atoms in total. The number of rotatable bonds is 6. The summed E-state index contributed by atoms with van der Waals surface area (Å²) in [5.41, 5.74) is -3.29. The summed E-state index contributed by atoms with van der Waals surface area (Å²) >= 11 is 0. The van der Waals surface area contributed by atoms with Crippen molar-refractivity contribution in [1.29, 1.82) is 0 Å². The average Bonchev–Trinajstić information content (AvgIpc) is 3.59. The van der Waals surface area contributed by atoms with Gasteiger partial charge in [-0.1, -0.05) is 12.1 Å². The van der Waals surface area contributed by atoms with Crippen molar-refractivity contribution in [2.45, 2.75) is 68.4 Å². The Hall–Kier alpha value is -3.48. The number of aromatic nitrogens is 3. The normalized spacial score (nSPS) is 22.4. The second kappa shape index (κ2) is 11.3. The monoisotopic (exact) mass is 597 g/mol. The molecule has 1 saturated heterocycles. The van der Waals surface area contributed by atoms with Gasteiger partial charge in [-0.15, -0.1) is 0 Å². The van der Waals surface area contributed by atoms with Crippen molar-refractivity contribution < 1.29 is 35.5 Å². The number of likely N-dealkylation sites (tertiary alicyclic amines) is 1. The smallest absolute Gasteiger partial charge is 0.351 e. The van der Waals surface area contributed by atoms with E-state index in [0.717, 1.165) is 31.5 Å². The number of halogens is 7. The van der Waals surface area contributed by atoms with E-state index in [4.69, 9.17) is 0 Å². The lowest BCUT2D eigenvalue weighted by Crippen LogP contribution is -2.46. The van der Waals surface area contributed by atoms with Crippen LogP contribution in [0.1, 0.15) is 66.1 Å². The average molecular weight is 598 g/mol. The fourth-order valence-electron chi connectivity index (χ4n) is 6.21. The molecule has 0 spiro atoms. The van der Waals surface area contributed by atoms with Crippen LogP contribution >= 0.6 is 0 Å². The maximum absolute atomic E-state index is 13.7. The summed E-state index contributed by atoms with van der Waals surface area (Å²) in [5.74, 6) is -0.258. The Morgan fingerprint density at radius 2 is 1.60 bits per heavy atom. The highest BCUT2D eigenvalue weighted by atomic mass is 19.4. The number of amides is 1. The van der Waals surface area contributed by atoms with Gasteiger partial charge in [0.25, 0.3) is 0 Å². The zero-order valence-corrected chi connectivity index (χ0v) is 22.8. The minimum atomic E-state index is -4.98. The van der Waals surface area contributed by atoms with E-state index >= 15 is 0 Å². The molecule has 1 aliphatic carbocycles. The number of piperidine rings is 1. The molecule has 1 aromatic heterocycles. The van der Waals surface area contributed by atoms with Crippen LogP contribution in [-0.4, -0.2) is 44.7 Å². The minimum Gasteiger partial charge on any atom is -0.351 e. The van der Waals surface area contributed by atoms with Crippen molar-refractivity contribution in [2.75, 3.05) is 13.1 Å². The largest absolute Gasteiger partial charge is 0.416 e. The predicted octanol–water partition coefficient (Wildman–Crippen LogP) is 5.98. The first kappa shape index (κ1) is 30.0. The molecule has 5 rings (SSSR count). The van der Waals surface area contributed by atoms with Crippen molar-refractivity contribution in [3.8, 4) is 0 Å². The molecule has 3 aromatic rings. The standard InChI is InChI=1S/C29H30F7N5O/c1-40-17-38-25(39-40)27(26(42)37-16-18-12-21(28(31,32)33)14-22(13-18)29(34,35)36)9-6-24(15-27)41-10-7-20(8-11-41)19-2-4-23(30)5-3-19/h2-5,12-14,17,20,24H,6-11,15-16H2,1H3,(H,37,42). The Morgan fingerprint density at radius 1 is 0.976 bits per heavy atom. The molecule has 1 saturated carbocycles. The van der Waals surface area contributed by atoms with Gasteiger partial charge in [-0.25, -0.2) is 9.37 Å². The third-order valence-electron chi connectivity index (χ3n) is 8.44. The second-order valence-corrected chi connectivity index (χ2v) is 11.2. The van der Waals surface area contributed by atoms with Gasteiger partial charge in [0.1, 0.15) is 17.6 Å². The molecule has 1 amide bonds. The van der Waals surface area contributed by atoms with Crippen molar-refractivity contribution in [3.05, 3.63) is 82.7 Å². The molecule has 226 valence electrons. The lowest BCUT2D eigenvalue weighted by atomic mass is 9.83. The third kappa shape index (κ3) is 6.30. The Kier molecular flexibility index (Phi) is 8.08. The fraction of sp³-hybridized carbons (Fsp3) is 0.483. The van der Waals surface area contributed by atoms with Gasteiger partial charge in [0.2, 0.25) is 5.91 Å². The molecule has 13 heteroatoms. The van der Waals surface area contributed by atoms with Gasteiger partial charge < -0.3 is 10.2 Å². The van der Waals surface area contributed by atoms with Gasteiger partial charge in [0.15, 0.2) is 5.82 Å². The SMILES string of the molecule is Cn1cnc(C2(C(=O)NCc3cc(C(F)(F)F)cc(C(F)(F)F)c3)CCC(N3CCC(c4ccc(F)cc4)CC3)C2)n1. The van der Waals surface area contributed by atoms with Crippen LogP contribution in [-0.2, 0) is 36.2 Å². The molecule has 0 radical (unpaired) electrons. The molecule has 2 fully saturated rings. The van der Waals surface area contributed by atoms with Gasteiger partial charge in [-0.05, 0) is 92.6 Å². The Labute approximate surface area is 237 Å². The van der Waals surface area contributed by atoms with E-state index in [1.54, 1.807) is 19.2 Å². The molecule has 2 heterocycles. The lowest BCUT2D eigenvalue weighted by molar-refractivity contribution is -0.143. The fourth-order valence-corrected chi connectivity index (χ4v) is 6.21. The van der Waals surface area contributed by atoms with Crippen molar-refractivity contribution in [3.63, 3.8) is 0 Å². The maximum atomic E-state index is 13.7. The first-order valence-corrected chi connectivity index (χ1v) is 13.7. The number of benzene rings is 2. The van der Waals surface area contributed by atoms with Crippen LogP contribution in [0, 0.1) is 5.82 Å². The Morgan fingerprint density at radius 3 is 2.14 bits per heavy atom. The van der Waals surface area contributed by atoms with Crippen molar-refractivity contribution >= 4 is 5.91 Å². The van der Waals surface area contributed by atoms with Crippen LogP contribution in [0.2, 0.25) is 0 Å². The van der Waals surface area contributed by atoms with Crippen molar-refractivity contribution in [1.82, 2.24) is 25.0 Å². The zero-order valence-electron chi connectivity index (χ0n) is 22.8. The van der Waals surface area contributed by atoms with Gasteiger partial charge in [0, 0.05) is 19.6 Å². The Bertz CT molecular complexity index is 1380. The van der Waals surface area contributed by atoms with Crippen LogP contribution < -0.4 is 5.32 Å². The van der Waals surface area contributed by atoms with E-state index in [1.807, 2.05) is 0 Å². The Balaban J connectivity index is 1.31. The molecule has 2 aromatic carbocycles. The summed E-state index contributed by atoms with van der Waals surface area (Å²) in [6, 6.07) is 7.81. The van der Waals surface area contributed by atoms with Gasteiger partial charge in [-0.2, -0.15) is 31.4 Å². The summed E-state index contributed by atoms with van der Waals surface area (Å²) in [5, 5.41) is 6.96. The first-order valence-electron chi connectivity index (χ1n) is 13.7. The minimum absolute atomic E-state index is 0.0131.